The molecule has 1 amide bonds. The van der Waals surface area contributed by atoms with Crippen LogP contribution in [0.25, 0.3) is 0 Å². The molecule has 1 fully saturated rings. The summed E-state index contributed by atoms with van der Waals surface area (Å²) in [5.41, 5.74) is 0.589. The van der Waals surface area contributed by atoms with Crippen LogP contribution in [0.5, 0.6) is 0 Å². The lowest BCUT2D eigenvalue weighted by Crippen LogP contribution is -2.50. The van der Waals surface area contributed by atoms with Crippen LogP contribution in [0.1, 0.15) is 15.9 Å². The van der Waals surface area contributed by atoms with E-state index in [-0.39, 0.29) is 48.2 Å². The third-order valence-electron chi connectivity index (χ3n) is 4.63. The summed E-state index contributed by atoms with van der Waals surface area (Å²) < 4.78 is 27.5. The molecule has 0 aromatic heterocycles. The number of rotatable bonds is 4. The van der Waals surface area contributed by atoms with E-state index in [1.807, 2.05) is 0 Å². The first-order chi connectivity index (χ1) is 13.2. The van der Waals surface area contributed by atoms with Gasteiger partial charge in [0.05, 0.1) is 9.82 Å². The zero-order valence-electron chi connectivity index (χ0n) is 15.0. The van der Waals surface area contributed by atoms with Crippen molar-refractivity contribution >= 4 is 37.5 Å². The molecule has 0 unspecified atom stereocenters. The Labute approximate surface area is 171 Å². The van der Waals surface area contributed by atoms with Gasteiger partial charge in [-0.15, -0.1) is 0 Å². The van der Waals surface area contributed by atoms with Gasteiger partial charge in [0.15, 0.2) is 0 Å². The molecule has 1 aliphatic heterocycles. The van der Waals surface area contributed by atoms with Crippen molar-refractivity contribution < 1.29 is 18.1 Å². The molecule has 28 heavy (non-hydrogen) atoms. The first-order valence-corrected chi connectivity index (χ1v) is 10.7. The van der Waals surface area contributed by atoms with Crippen LogP contribution in [0.3, 0.4) is 0 Å². The molecule has 0 saturated carbocycles. The number of carbonyl (C=O) groups is 1. The van der Waals surface area contributed by atoms with Crippen LogP contribution in [-0.4, -0.2) is 54.6 Å². The van der Waals surface area contributed by atoms with Crippen molar-refractivity contribution in [3.8, 4) is 0 Å². The summed E-state index contributed by atoms with van der Waals surface area (Å²) in [5.74, 6) is -0.346. The molecule has 0 bridgehead atoms. The van der Waals surface area contributed by atoms with Crippen LogP contribution in [0.2, 0.25) is 0 Å². The van der Waals surface area contributed by atoms with E-state index in [4.69, 9.17) is 0 Å². The molecule has 0 radical (unpaired) electrons. The van der Waals surface area contributed by atoms with Crippen LogP contribution < -0.4 is 0 Å². The van der Waals surface area contributed by atoms with E-state index in [9.17, 15) is 23.3 Å². The smallest absolute Gasteiger partial charge is 0.273 e. The summed E-state index contributed by atoms with van der Waals surface area (Å²) in [6, 6.07) is 10.9. The molecule has 3 rings (SSSR count). The van der Waals surface area contributed by atoms with Crippen LogP contribution in [0, 0.1) is 17.0 Å². The van der Waals surface area contributed by atoms with Gasteiger partial charge in [0.1, 0.15) is 0 Å². The van der Waals surface area contributed by atoms with Gasteiger partial charge >= 0.3 is 0 Å². The van der Waals surface area contributed by atoms with Gasteiger partial charge in [0, 0.05) is 47.8 Å². The summed E-state index contributed by atoms with van der Waals surface area (Å²) in [5, 5.41) is 11.1. The zero-order chi connectivity index (χ0) is 20.5. The highest BCUT2D eigenvalue weighted by Gasteiger charge is 2.31. The number of aryl methyl sites for hydroxylation is 1. The van der Waals surface area contributed by atoms with Crippen LogP contribution in [0.15, 0.2) is 51.8 Å². The number of hydrogen-bond acceptors (Lipinski definition) is 5. The van der Waals surface area contributed by atoms with E-state index in [0.717, 1.165) is 0 Å². The Morgan fingerprint density at radius 2 is 1.75 bits per heavy atom. The molecule has 2 aromatic rings. The lowest BCUT2D eigenvalue weighted by atomic mass is 10.1. The average Bonchev–Trinajstić information content (AvgIpc) is 2.68. The average molecular weight is 468 g/mol. The Kier molecular flexibility index (Phi) is 5.82. The van der Waals surface area contributed by atoms with E-state index in [1.54, 1.807) is 37.3 Å². The number of nitro groups is 1. The normalized spacial score (nSPS) is 15.4. The van der Waals surface area contributed by atoms with Gasteiger partial charge in [-0.2, -0.15) is 4.31 Å². The molecule has 1 heterocycles. The summed E-state index contributed by atoms with van der Waals surface area (Å²) >= 11 is 3.26. The second-order valence-corrected chi connectivity index (χ2v) is 9.15. The SMILES string of the molecule is Cc1ccc(C(=O)N2CCN(S(=O)(=O)c3ccccc3Br)CC2)cc1[N+](=O)[O-]. The van der Waals surface area contributed by atoms with E-state index in [1.165, 1.54) is 21.3 Å². The fraction of sp³-hybridized carbons (Fsp3) is 0.278. The molecule has 10 heteroatoms. The third-order valence-corrected chi connectivity index (χ3v) is 7.54. The van der Waals surface area contributed by atoms with E-state index in [2.05, 4.69) is 15.9 Å². The van der Waals surface area contributed by atoms with Crippen molar-refractivity contribution in [1.82, 2.24) is 9.21 Å². The van der Waals surface area contributed by atoms with Crippen LogP contribution >= 0.6 is 15.9 Å². The number of carbonyl (C=O) groups excluding carboxylic acids is 1. The molecule has 1 saturated heterocycles. The Hall–Kier alpha value is -2.30. The third kappa shape index (κ3) is 3.94. The highest BCUT2D eigenvalue weighted by molar-refractivity contribution is 9.10. The van der Waals surface area contributed by atoms with Gasteiger partial charge in [-0.25, -0.2) is 8.42 Å². The Bertz CT molecular complexity index is 1030. The fourth-order valence-electron chi connectivity index (χ4n) is 3.05. The first kappa shape index (κ1) is 20.4. The topological polar surface area (TPSA) is 101 Å². The number of nitrogens with zero attached hydrogens (tertiary/aromatic N) is 3. The zero-order valence-corrected chi connectivity index (χ0v) is 17.4. The van der Waals surface area contributed by atoms with Crippen molar-refractivity contribution in [2.45, 2.75) is 11.8 Å². The van der Waals surface area contributed by atoms with Crippen LogP contribution in [-0.2, 0) is 10.0 Å². The Morgan fingerprint density at radius 3 is 2.36 bits per heavy atom. The number of halogens is 1. The lowest BCUT2D eigenvalue weighted by molar-refractivity contribution is -0.385. The highest BCUT2D eigenvalue weighted by atomic mass is 79.9. The minimum absolute atomic E-state index is 0.110. The largest absolute Gasteiger partial charge is 0.336 e. The molecule has 8 nitrogen and oxygen atoms in total. The molecule has 148 valence electrons. The van der Waals surface area contributed by atoms with Crippen LogP contribution in [0.4, 0.5) is 5.69 Å². The van der Waals surface area contributed by atoms with Gasteiger partial charge in [0.2, 0.25) is 10.0 Å². The molecule has 0 N–H and O–H groups in total. The number of amides is 1. The van der Waals surface area contributed by atoms with Crippen molar-refractivity contribution in [3.63, 3.8) is 0 Å². The maximum Gasteiger partial charge on any atom is 0.273 e. The van der Waals surface area contributed by atoms with Gasteiger partial charge in [-0.1, -0.05) is 18.2 Å². The van der Waals surface area contributed by atoms with Crippen molar-refractivity contribution in [3.05, 3.63) is 68.2 Å². The molecule has 0 spiro atoms. The van der Waals surface area contributed by atoms with E-state index >= 15 is 0 Å². The second kappa shape index (κ2) is 7.98. The Morgan fingerprint density at radius 1 is 1.11 bits per heavy atom. The predicted molar refractivity (Wildman–Crippen MR) is 107 cm³/mol. The summed E-state index contributed by atoms with van der Waals surface area (Å²) in [6.07, 6.45) is 0. The van der Waals surface area contributed by atoms with Gasteiger partial charge in [-0.05, 0) is 41.1 Å². The number of hydrogen-bond donors (Lipinski definition) is 0. The number of nitro benzene ring substituents is 1. The quantitative estimate of drug-likeness (QED) is 0.508. The minimum Gasteiger partial charge on any atom is -0.336 e. The van der Waals surface area contributed by atoms with Crippen molar-refractivity contribution in [2.75, 3.05) is 26.2 Å². The van der Waals surface area contributed by atoms with Gasteiger partial charge in [0.25, 0.3) is 11.6 Å². The molecule has 2 aromatic carbocycles. The predicted octanol–water partition coefficient (Wildman–Crippen LogP) is 2.81. The maximum atomic E-state index is 12.8. The standard InChI is InChI=1S/C18H18BrN3O5S/c1-13-6-7-14(12-16(13)22(24)25)18(23)20-8-10-21(11-9-20)28(26,27)17-5-3-2-4-15(17)19/h2-7,12H,8-11H2,1H3. The summed E-state index contributed by atoms with van der Waals surface area (Å²) in [7, 11) is -3.67. The van der Waals surface area contributed by atoms with Gasteiger partial charge < -0.3 is 4.90 Å². The number of sulfonamides is 1. The monoisotopic (exact) mass is 467 g/mol. The van der Waals surface area contributed by atoms with Crippen molar-refractivity contribution in [2.24, 2.45) is 0 Å². The molecular weight excluding hydrogens is 450 g/mol. The van der Waals surface area contributed by atoms with Crippen molar-refractivity contribution in [1.29, 1.82) is 0 Å². The fourth-order valence-corrected chi connectivity index (χ4v) is 5.43. The first-order valence-electron chi connectivity index (χ1n) is 8.51. The maximum absolute atomic E-state index is 12.8. The summed E-state index contributed by atoms with van der Waals surface area (Å²) in [6.45, 7) is 2.35. The lowest BCUT2D eigenvalue weighted by Gasteiger charge is -2.34. The van der Waals surface area contributed by atoms with E-state index < -0.39 is 14.9 Å². The Balaban J connectivity index is 1.74. The minimum atomic E-state index is -3.67. The molecule has 0 aliphatic carbocycles. The molecular formula is C18H18BrN3O5S. The van der Waals surface area contributed by atoms with Gasteiger partial charge in [-0.3, -0.25) is 14.9 Å². The number of piperazine rings is 1. The van der Waals surface area contributed by atoms with E-state index in [0.29, 0.717) is 10.0 Å². The molecule has 1 aliphatic rings. The highest BCUT2D eigenvalue weighted by Crippen LogP contribution is 2.26. The molecule has 0 atom stereocenters. The second-order valence-electron chi connectivity index (χ2n) is 6.39. The summed E-state index contributed by atoms with van der Waals surface area (Å²) in [4.78, 5) is 25.0. The number of benzene rings is 2.